The van der Waals surface area contributed by atoms with Crippen LogP contribution in [-0.4, -0.2) is 18.6 Å². The summed E-state index contributed by atoms with van der Waals surface area (Å²) in [5.41, 5.74) is 2.26. The molecule has 100 valence electrons. The van der Waals surface area contributed by atoms with Gasteiger partial charge in [-0.15, -0.1) is 0 Å². The first-order chi connectivity index (χ1) is 9.75. The van der Waals surface area contributed by atoms with Gasteiger partial charge in [0.05, 0.1) is 5.56 Å². The molecule has 0 saturated heterocycles. The molecule has 0 radical (unpaired) electrons. The minimum absolute atomic E-state index is 0.236. The lowest BCUT2D eigenvalue weighted by Crippen LogP contribution is -2.30. The molecule has 0 spiro atoms. The number of pyridine rings is 1. The molecule has 1 saturated carbocycles. The first-order valence-corrected chi connectivity index (χ1v) is 6.87. The molecule has 3 nitrogen and oxygen atoms in total. The van der Waals surface area contributed by atoms with Crippen LogP contribution < -0.4 is 4.90 Å². The average molecular weight is 263 g/mol. The van der Waals surface area contributed by atoms with Crippen molar-refractivity contribution in [2.24, 2.45) is 0 Å². The Morgan fingerprint density at radius 1 is 1.20 bits per heavy atom. The van der Waals surface area contributed by atoms with Gasteiger partial charge in [0.15, 0.2) is 0 Å². The van der Waals surface area contributed by atoms with E-state index in [1.165, 1.54) is 18.4 Å². The van der Waals surface area contributed by atoms with Crippen LogP contribution in [0, 0.1) is 11.3 Å². The van der Waals surface area contributed by atoms with Crippen molar-refractivity contribution in [3.8, 4) is 6.07 Å². The van der Waals surface area contributed by atoms with E-state index in [2.05, 4.69) is 46.3 Å². The van der Waals surface area contributed by atoms with Crippen LogP contribution in [0.15, 0.2) is 48.7 Å². The Morgan fingerprint density at radius 3 is 2.60 bits per heavy atom. The zero-order valence-electron chi connectivity index (χ0n) is 11.6. The van der Waals surface area contributed by atoms with Gasteiger partial charge in [-0.1, -0.05) is 30.3 Å². The molecule has 0 aliphatic heterocycles. The van der Waals surface area contributed by atoms with E-state index in [-0.39, 0.29) is 5.41 Å². The molecule has 1 aromatic heterocycles. The second-order valence-electron chi connectivity index (χ2n) is 5.49. The van der Waals surface area contributed by atoms with E-state index in [9.17, 15) is 5.26 Å². The summed E-state index contributed by atoms with van der Waals surface area (Å²) in [4.78, 5) is 6.47. The molecular formula is C17H17N3. The number of benzene rings is 1. The Labute approximate surface area is 119 Å². The van der Waals surface area contributed by atoms with Gasteiger partial charge < -0.3 is 4.90 Å². The maximum Gasteiger partial charge on any atom is 0.146 e. The number of hydrogen-bond acceptors (Lipinski definition) is 3. The maximum atomic E-state index is 9.18. The largest absolute Gasteiger partial charge is 0.358 e. The zero-order chi connectivity index (χ0) is 14.0. The van der Waals surface area contributed by atoms with E-state index in [4.69, 9.17) is 0 Å². The normalized spacial score (nSPS) is 15.4. The molecule has 1 aromatic carbocycles. The zero-order valence-corrected chi connectivity index (χ0v) is 11.6. The van der Waals surface area contributed by atoms with Gasteiger partial charge >= 0.3 is 0 Å². The Morgan fingerprint density at radius 2 is 1.95 bits per heavy atom. The van der Waals surface area contributed by atoms with Crippen LogP contribution in [-0.2, 0) is 5.41 Å². The Kier molecular flexibility index (Phi) is 3.15. The van der Waals surface area contributed by atoms with Gasteiger partial charge in [-0.25, -0.2) is 4.98 Å². The van der Waals surface area contributed by atoms with Gasteiger partial charge in [0.1, 0.15) is 11.9 Å². The second kappa shape index (κ2) is 4.97. The predicted octanol–water partition coefficient (Wildman–Crippen LogP) is 3.12. The number of hydrogen-bond donors (Lipinski definition) is 0. The SMILES string of the molecule is CN(CC1(c2ccccc2)CC1)c1ncccc1C#N. The smallest absolute Gasteiger partial charge is 0.146 e. The molecule has 1 fully saturated rings. The lowest BCUT2D eigenvalue weighted by Gasteiger charge is -2.25. The molecule has 0 N–H and O–H groups in total. The molecule has 0 atom stereocenters. The van der Waals surface area contributed by atoms with Gasteiger partial charge in [-0.2, -0.15) is 5.26 Å². The standard InChI is InChI=1S/C17H17N3/c1-20(16-14(12-18)6-5-11-19-16)13-17(9-10-17)15-7-3-2-4-8-15/h2-8,11H,9-10,13H2,1H3. The quantitative estimate of drug-likeness (QED) is 0.851. The van der Waals surface area contributed by atoms with E-state index < -0.39 is 0 Å². The lowest BCUT2D eigenvalue weighted by atomic mass is 9.95. The predicted molar refractivity (Wildman–Crippen MR) is 79.6 cm³/mol. The highest BCUT2D eigenvalue weighted by atomic mass is 15.2. The van der Waals surface area contributed by atoms with Crippen molar-refractivity contribution in [1.29, 1.82) is 5.26 Å². The number of anilines is 1. The summed E-state index contributed by atoms with van der Waals surface area (Å²) in [7, 11) is 2.02. The number of rotatable bonds is 4. The van der Waals surface area contributed by atoms with E-state index in [0.717, 1.165) is 12.4 Å². The summed E-state index contributed by atoms with van der Waals surface area (Å²) in [5.74, 6) is 0.775. The van der Waals surface area contributed by atoms with Crippen molar-refractivity contribution in [1.82, 2.24) is 4.98 Å². The van der Waals surface area contributed by atoms with E-state index in [1.807, 2.05) is 13.1 Å². The maximum absolute atomic E-state index is 9.18. The average Bonchev–Trinajstić information content (AvgIpc) is 3.29. The molecular weight excluding hydrogens is 246 g/mol. The summed E-state index contributed by atoms with van der Waals surface area (Å²) < 4.78 is 0. The highest BCUT2D eigenvalue weighted by Gasteiger charge is 2.45. The fourth-order valence-electron chi connectivity index (χ4n) is 2.80. The van der Waals surface area contributed by atoms with Gasteiger partial charge in [0.2, 0.25) is 0 Å². The third-order valence-corrected chi connectivity index (χ3v) is 4.05. The monoisotopic (exact) mass is 263 g/mol. The van der Waals surface area contributed by atoms with Crippen LogP contribution in [0.2, 0.25) is 0 Å². The number of nitriles is 1. The summed E-state index contributed by atoms with van der Waals surface area (Å²) >= 11 is 0. The van der Waals surface area contributed by atoms with Crippen LogP contribution in [0.1, 0.15) is 24.0 Å². The van der Waals surface area contributed by atoms with Gasteiger partial charge in [-0.3, -0.25) is 0 Å². The van der Waals surface area contributed by atoms with Gasteiger partial charge in [0, 0.05) is 25.2 Å². The van der Waals surface area contributed by atoms with Gasteiger partial charge in [0.25, 0.3) is 0 Å². The highest BCUT2D eigenvalue weighted by Crippen LogP contribution is 2.48. The molecule has 1 aliphatic rings. The minimum atomic E-state index is 0.236. The van der Waals surface area contributed by atoms with Crippen molar-refractivity contribution >= 4 is 5.82 Å². The third-order valence-electron chi connectivity index (χ3n) is 4.05. The van der Waals surface area contributed by atoms with E-state index >= 15 is 0 Å². The first-order valence-electron chi connectivity index (χ1n) is 6.87. The van der Waals surface area contributed by atoms with Crippen molar-refractivity contribution in [2.75, 3.05) is 18.5 Å². The van der Waals surface area contributed by atoms with Crippen LogP contribution in [0.25, 0.3) is 0 Å². The molecule has 0 amide bonds. The van der Waals surface area contributed by atoms with Gasteiger partial charge in [-0.05, 0) is 30.5 Å². The van der Waals surface area contributed by atoms with E-state index in [0.29, 0.717) is 5.56 Å². The van der Waals surface area contributed by atoms with Crippen LogP contribution in [0.4, 0.5) is 5.82 Å². The number of likely N-dealkylation sites (N-methyl/N-ethyl adjacent to an activating group) is 1. The molecule has 1 aliphatic carbocycles. The summed E-state index contributed by atoms with van der Waals surface area (Å²) in [5, 5.41) is 9.18. The molecule has 1 heterocycles. The molecule has 20 heavy (non-hydrogen) atoms. The molecule has 2 aromatic rings. The van der Waals surface area contributed by atoms with Crippen molar-refractivity contribution in [2.45, 2.75) is 18.3 Å². The van der Waals surface area contributed by atoms with Crippen molar-refractivity contribution in [3.05, 3.63) is 59.8 Å². The minimum Gasteiger partial charge on any atom is -0.358 e. The lowest BCUT2D eigenvalue weighted by molar-refractivity contribution is 0.668. The first kappa shape index (κ1) is 12.7. The summed E-state index contributed by atoms with van der Waals surface area (Å²) in [6, 6.07) is 16.5. The van der Waals surface area contributed by atoms with Crippen LogP contribution in [0.5, 0.6) is 0 Å². The third kappa shape index (κ3) is 2.25. The molecule has 3 heteroatoms. The number of aromatic nitrogens is 1. The fourth-order valence-corrected chi connectivity index (χ4v) is 2.80. The Balaban J connectivity index is 1.83. The van der Waals surface area contributed by atoms with E-state index in [1.54, 1.807) is 12.3 Å². The molecule has 3 rings (SSSR count). The van der Waals surface area contributed by atoms with Crippen LogP contribution >= 0.6 is 0 Å². The summed E-state index contributed by atoms with van der Waals surface area (Å²) in [6.45, 7) is 0.905. The Hall–Kier alpha value is -2.34. The van der Waals surface area contributed by atoms with Crippen molar-refractivity contribution < 1.29 is 0 Å². The van der Waals surface area contributed by atoms with Crippen molar-refractivity contribution in [3.63, 3.8) is 0 Å². The topological polar surface area (TPSA) is 39.9 Å². The fraction of sp³-hybridized carbons (Fsp3) is 0.294. The second-order valence-corrected chi connectivity index (χ2v) is 5.49. The Bertz CT molecular complexity index is 639. The summed E-state index contributed by atoms with van der Waals surface area (Å²) in [6.07, 6.45) is 4.15. The van der Waals surface area contributed by atoms with Crippen LogP contribution in [0.3, 0.4) is 0 Å². The molecule has 0 bridgehead atoms. The molecule has 0 unspecified atom stereocenters. The highest BCUT2D eigenvalue weighted by molar-refractivity contribution is 5.54. The number of nitrogens with zero attached hydrogens (tertiary/aromatic N) is 3.